The van der Waals surface area contributed by atoms with Crippen molar-refractivity contribution < 1.29 is 14.3 Å². The third kappa shape index (κ3) is 3.67. The van der Waals surface area contributed by atoms with Gasteiger partial charge in [-0.05, 0) is 32.4 Å². The molecule has 0 aliphatic heterocycles. The van der Waals surface area contributed by atoms with E-state index < -0.39 is 0 Å². The van der Waals surface area contributed by atoms with Gasteiger partial charge in [-0.3, -0.25) is 9.59 Å². The van der Waals surface area contributed by atoms with Crippen LogP contribution in [0, 0.1) is 6.92 Å². The van der Waals surface area contributed by atoms with E-state index in [0.29, 0.717) is 17.9 Å². The Bertz CT molecular complexity index is 427. The summed E-state index contributed by atoms with van der Waals surface area (Å²) < 4.78 is 5.00. The monoisotopic (exact) mass is 235 g/mol. The van der Waals surface area contributed by atoms with Crippen LogP contribution in [0.4, 0.5) is 5.69 Å². The highest BCUT2D eigenvalue weighted by molar-refractivity contribution is 6.05. The Hall–Kier alpha value is -1.68. The number of hydrogen-bond donors (Lipinski definition) is 1. The summed E-state index contributed by atoms with van der Waals surface area (Å²) in [4.78, 5) is 23.0. The quantitative estimate of drug-likeness (QED) is 0.796. The van der Waals surface area contributed by atoms with Gasteiger partial charge in [0, 0.05) is 12.2 Å². The molecule has 4 nitrogen and oxygen atoms in total. The standard InChI is InChI=1S/C13H17NO3/c1-4-17-8-12(16)14-11-7-5-6-9(2)13(11)10(3)15/h5-7H,4,8H2,1-3H3,(H,14,16). The molecule has 0 saturated carbocycles. The van der Waals surface area contributed by atoms with Gasteiger partial charge >= 0.3 is 0 Å². The number of rotatable bonds is 5. The third-order valence-corrected chi connectivity index (χ3v) is 2.34. The van der Waals surface area contributed by atoms with Crippen molar-refractivity contribution in [3.63, 3.8) is 0 Å². The normalized spacial score (nSPS) is 10.1. The van der Waals surface area contributed by atoms with Crippen LogP contribution in [0.2, 0.25) is 0 Å². The Morgan fingerprint density at radius 2 is 2.06 bits per heavy atom. The Morgan fingerprint density at radius 3 is 2.65 bits per heavy atom. The number of ketones is 1. The van der Waals surface area contributed by atoms with Gasteiger partial charge in [-0.15, -0.1) is 0 Å². The SMILES string of the molecule is CCOCC(=O)Nc1cccc(C)c1C(C)=O. The second-order valence-corrected chi connectivity index (χ2v) is 3.74. The number of hydrogen-bond acceptors (Lipinski definition) is 3. The van der Waals surface area contributed by atoms with Gasteiger partial charge in [0.1, 0.15) is 6.61 Å². The molecule has 0 spiro atoms. The molecule has 1 amide bonds. The average Bonchev–Trinajstić information content (AvgIpc) is 2.25. The minimum atomic E-state index is -0.250. The molecule has 1 aromatic rings. The number of benzene rings is 1. The minimum absolute atomic E-state index is 0.00177. The number of carbonyl (C=O) groups is 2. The zero-order chi connectivity index (χ0) is 12.8. The maximum absolute atomic E-state index is 11.5. The van der Waals surface area contributed by atoms with Crippen molar-refractivity contribution in [1.29, 1.82) is 0 Å². The summed E-state index contributed by atoms with van der Waals surface area (Å²) in [5.74, 6) is -0.310. The maximum Gasteiger partial charge on any atom is 0.250 e. The molecular weight excluding hydrogens is 218 g/mol. The van der Waals surface area contributed by atoms with Crippen LogP contribution in [-0.2, 0) is 9.53 Å². The largest absolute Gasteiger partial charge is 0.372 e. The summed E-state index contributed by atoms with van der Waals surface area (Å²) in [5, 5.41) is 2.68. The molecule has 0 radical (unpaired) electrons. The minimum Gasteiger partial charge on any atom is -0.372 e. The van der Waals surface area contributed by atoms with Crippen LogP contribution in [0.1, 0.15) is 29.8 Å². The smallest absolute Gasteiger partial charge is 0.250 e. The van der Waals surface area contributed by atoms with Gasteiger partial charge in [-0.1, -0.05) is 12.1 Å². The van der Waals surface area contributed by atoms with Gasteiger partial charge in [0.05, 0.1) is 5.69 Å². The summed E-state index contributed by atoms with van der Waals surface area (Å²) in [5.41, 5.74) is 1.95. The van der Waals surface area contributed by atoms with Crippen LogP contribution < -0.4 is 5.32 Å². The van der Waals surface area contributed by atoms with Gasteiger partial charge < -0.3 is 10.1 Å². The highest BCUT2D eigenvalue weighted by atomic mass is 16.5. The number of amides is 1. The van der Waals surface area contributed by atoms with E-state index >= 15 is 0 Å². The topological polar surface area (TPSA) is 55.4 Å². The molecule has 17 heavy (non-hydrogen) atoms. The molecule has 1 rings (SSSR count). The van der Waals surface area contributed by atoms with E-state index in [0.717, 1.165) is 5.56 Å². The van der Waals surface area contributed by atoms with Crippen molar-refractivity contribution >= 4 is 17.4 Å². The zero-order valence-electron chi connectivity index (χ0n) is 10.4. The highest BCUT2D eigenvalue weighted by Crippen LogP contribution is 2.19. The summed E-state index contributed by atoms with van der Waals surface area (Å²) >= 11 is 0. The first-order valence-electron chi connectivity index (χ1n) is 5.54. The Labute approximate surface area is 101 Å². The van der Waals surface area contributed by atoms with E-state index in [-0.39, 0.29) is 18.3 Å². The molecule has 0 aromatic heterocycles. The Morgan fingerprint density at radius 1 is 1.35 bits per heavy atom. The van der Waals surface area contributed by atoms with Crippen molar-refractivity contribution in [2.24, 2.45) is 0 Å². The molecule has 0 atom stereocenters. The molecule has 4 heteroatoms. The van der Waals surface area contributed by atoms with Crippen molar-refractivity contribution in [3.05, 3.63) is 29.3 Å². The highest BCUT2D eigenvalue weighted by Gasteiger charge is 2.12. The van der Waals surface area contributed by atoms with Crippen molar-refractivity contribution in [2.45, 2.75) is 20.8 Å². The van der Waals surface area contributed by atoms with E-state index in [4.69, 9.17) is 4.74 Å². The predicted molar refractivity (Wildman–Crippen MR) is 66.3 cm³/mol. The molecule has 1 aromatic carbocycles. The number of aryl methyl sites for hydroxylation is 1. The van der Waals surface area contributed by atoms with Crippen molar-refractivity contribution in [2.75, 3.05) is 18.5 Å². The van der Waals surface area contributed by atoms with Crippen LogP contribution in [-0.4, -0.2) is 24.9 Å². The molecule has 0 fully saturated rings. The van der Waals surface area contributed by atoms with Gasteiger partial charge in [-0.25, -0.2) is 0 Å². The molecule has 0 aliphatic rings. The fraction of sp³-hybridized carbons (Fsp3) is 0.385. The number of nitrogens with one attached hydrogen (secondary N) is 1. The van der Waals surface area contributed by atoms with Crippen LogP contribution in [0.5, 0.6) is 0 Å². The average molecular weight is 235 g/mol. The van der Waals surface area contributed by atoms with Crippen LogP contribution in [0.3, 0.4) is 0 Å². The van der Waals surface area contributed by atoms with Gasteiger partial charge in [0.15, 0.2) is 5.78 Å². The Balaban J connectivity index is 2.87. The molecule has 0 bridgehead atoms. The zero-order valence-corrected chi connectivity index (χ0v) is 10.4. The van der Waals surface area contributed by atoms with E-state index in [1.165, 1.54) is 6.92 Å². The lowest BCUT2D eigenvalue weighted by Gasteiger charge is -2.11. The van der Waals surface area contributed by atoms with E-state index in [1.807, 2.05) is 19.9 Å². The number of carbonyl (C=O) groups excluding carboxylic acids is 2. The lowest BCUT2D eigenvalue weighted by molar-refractivity contribution is -0.120. The van der Waals surface area contributed by atoms with Gasteiger partial charge in [-0.2, -0.15) is 0 Å². The van der Waals surface area contributed by atoms with E-state index in [1.54, 1.807) is 12.1 Å². The fourth-order valence-corrected chi connectivity index (χ4v) is 1.62. The molecule has 92 valence electrons. The molecule has 0 heterocycles. The van der Waals surface area contributed by atoms with Crippen LogP contribution >= 0.6 is 0 Å². The first kappa shape index (κ1) is 13.4. The molecule has 0 saturated heterocycles. The van der Waals surface area contributed by atoms with Gasteiger partial charge in [0.25, 0.3) is 0 Å². The fourth-order valence-electron chi connectivity index (χ4n) is 1.62. The molecular formula is C13H17NO3. The third-order valence-electron chi connectivity index (χ3n) is 2.34. The van der Waals surface area contributed by atoms with Crippen LogP contribution in [0.25, 0.3) is 0 Å². The first-order valence-corrected chi connectivity index (χ1v) is 5.54. The predicted octanol–water partition coefficient (Wildman–Crippen LogP) is 2.17. The summed E-state index contributed by atoms with van der Waals surface area (Å²) in [6.45, 7) is 5.64. The number of ether oxygens (including phenoxy) is 1. The van der Waals surface area contributed by atoms with E-state index in [9.17, 15) is 9.59 Å². The van der Waals surface area contributed by atoms with Gasteiger partial charge in [0.2, 0.25) is 5.91 Å². The first-order chi connectivity index (χ1) is 8.06. The number of anilines is 1. The summed E-state index contributed by atoms with van der Waals surface area (Å²) in [6.07, 6.45) is 0. The molecule has 0 unspecified atom stereocenters. The summed E-state index contributed by atoms with van der Waals surface area (Å²) in [7, 11) is 0. The molecule has 1 N–H and O–H groups in total. The van der Waals surface area contributed by atoms with Crippen LogP contribution in [0.15, 0.2) is 18.2 Å². The molecule has 0 aliphatic carbocycles. The lowest BCUT2D eigenvalue weighted by Crippen LogP contribution is -2.20. The second kappa shape index (κ2) is 6.15. The van der Waals surface area contributed by atoms with Crippen molar-refractivity contribution in [1.82, 2.24) is 0 Å². The van der Waals surface area contributed by atoms with Crippen molar-refractivity contribution in [3.8, 4) is 0 Å². The second-order valence-electron chi connectivity index (χ2n) is 3.74. The van der Waals surface area contributed by atoms with E-state index in [2.05, 4.69) is 5.32 Å². The maximum atomic E-state index is 11.5. The Kier molecular flexibility index (Phi) is 4.84. The lowest BCUT2D eigenvalue weighted by atomic mass is 10.0. The summed E-state index contributed by atoms with van der Waals surface area (Å²) in [6, 6.07) is 5.36. The number of Topliss-reactive ketones (excluding diaryl/α,β-unsaturated/α-hetero) is 1.